The molecule has 0 aromatic carbocycles. The summed E-state index contributed by atoms with van der Waals surface area (Å²) in [5.74, 6) is 1.31. The van der Waals surface area contributed by atoms with E-state index in [-0.39, 0.29) is 0 Å². The van der Waals surface area contributed by atoms with E-state index in [4.69, 9.17) is 4.74 Å². The molecule has 0 saturated carbocycles. The number of hydrogen-bond donors (Lipinski definition) is 0. The third-order valence-corrected chi connectivity index (χ3v) is 2.03. The fourth-order valence-corrected chi connectivity index (χ4v) is 1.50. The second-order valence-corrected chi connectivity index (χ2v) is 3.53. The van der Waals surface area contributed by atoms with Crippen LogP contribution in [0, 0.1) is 0 Å². The number of rotatable bonds is 5. The lowest BCUT2D eigenvalue weighted by molar-refractivity contribution is 0.326. The molecule has 0 saturated heterocycles. The number of ether oxygens (including phenoxy) is 1. The third-order valence-electron chi connectivity index (χ3n) is 1.67. The van der Waals surface area contributed by atoms with Gasteiger partial charge in [0.1, 0.15) is 0 Å². The molecule has 0 aliphatic heterocycles. The predicted octanol–water partition coefficient (Wildman–Crippen LogP) is 1.71. The Morgan fingerprint density at radius 3 is 3.00 bits per heavy atom. The average Bonchev–Trinajstić information content (AvgIpc) is 2.19. The van der Waals surface area contributed by atoms with Gasteiger partial charge in [-0.1, -0.05) is 15.9 Å². The van der Waals surface area contributed by atoms with Crippen molar-refractivity contribution < 1.29 is 4.74 Å². The first-order chi connectivity index (χ1) is 6.77. The molecule has 0 atom stereocenters. The van der Waals surface area contributed by atoms with Gasteiger partial charge in [-0.3, -0.25) is 0 Å². The molecule has 0 N–H and O–H groups in total. The van der Waals surface area contributed by atoms with Crippen molar-refractivity contribution in [2.45, 2.75) is 6.92 Å². The average molecular weight is 260 g/mol. The monoisotopic (exact) mass is 259 g/mol. The van der Waals surface area contributed by atoms with Gasteiger partial charge in [-0.25, -0.2) is 4.98 Å². The lowest BCUT2D eigenvalue weighted by Crippen LogP contribution is -2.21. The van der Waals surface area contributed by atoms with E-state index in [1.165, 1.54) is 0 Å². The summed E-state index contributed by atoms with van der Waals surface area (Å²) in [7, 11) is 1.95. The molecule has 0 spiro atoms. The van der Waals surface area contributed by atoms with E-state index in [1.807, 2.05) is 18.9 Å². The highest BCUT2D eigenvalue weighted by molar-refractivity contribution is 9.09. The van der Waals surface area contributed by atoms with Crippen LogP contribution >= 0.6 is 15.9 Å². The van der Waals surface area contributed by atoms with Gasteiger partial charge in [-0.2, -0.15) is 4.98 Å². The van der Waals surface area contributed by atoms with Crippen LogP contribution in [0.4, 0.5) is 5.95 Å². The first kappa shape index (κ1) is 11.2. The zero-order valence-electron chi connectivity index (χ0n) is 8.40. The van der Waals surface area contributed by atoms with E-state index < -0.39 is 0 Å². The van der Waals surface area contributed by atoms with E-state index in [0.717, 1.165) is 11.9 Å². The first-order valence-electron chi connectivity index (χ1n) is 4.51. The maximum atomic E-state index is 5.29. The van der Waals surface area contributed by atoms with Crippen LogP contribution in [0.3, 0.4) is 0 Å². The van der Waals surface area contributed by atoms with Crippen molar-refractivity contribution in [3.8, 4) is 5.88 Å². The maximum Gasteiger partial charge on any atom is 0.228 e. The Balaban J connectivity index is 2.71. The van der Waals surface area contributed by atoms with Crippen LogP contribution in [0.25, 0.3) is 0 Å². The molecule has 1 rings (SSSR count). The molecular weight excluding hydrogens is 246 g/mol. The van der Waals surface area contributed by atoms with Crippen molar-refractivity contribution in [2.24, 2.45) is 0 Å². The molecular formula is C9H14BrN3O. The first-order valence-corrected chi connectivity index (χ1v) is 5.63. The Hall–Kier alpha value is -0.840. The lowest BCUT2D eigenvalue weighted by atomic mass is 10.6. The van der Waals surface area contributed by atoms with Crippen molar-refractivity contribution in [2.75, 3.05) is 30.4 Å². The van der Waals surface area contributed by atoms with Gasteiger partial charge < -0.3 is 9.64 Å². The van der Waals surface area contributed by atoms with Crippen molar-refractivity contribution in [3.05, 3.63) is 12.3 Å². The molecule has 5 heteroatoms. The molecule has 1 heterocycles. The summed E-state index contributed by atoms with van der Waals surface area (Å²) in [6.45, 7) is 3.43. The Morgan fingerprint density at radius 2 is 2.36 bits per heavy atom. The number of anilines is 1. The van der Waals surface area contributed by atoms with Gasteiger partial charge in [0.2, 0.25) is 11.8 Å². The molecule has 1 aromatic rings. The molecule has 0 amide bonds. The summed E-state index contributed by atoms with van der Waals surface area (Å²) in [5.41, 5.74) is 0. The van der Waals surface area contributed by atoms with Crippen molar-refractivity contribution >= 4 is 21.9 Å². The smallest absolute Gasteiger partial charge is 0.228 e. The van der Waals surface area contributed by atoms with Crippen LogP contribution in [0.15, 0.2) is 12.3 Å². The highest BCUT2D eigenvalue weighted by Crippen LogP contribution is 2.11. The van der Waals surface area contributed by atoms with Gasteiger partial charge in [0, 0.05) is 31.2 Å². The highest BCUT2D eigenvalue weighted by Gasteiger charge is 2.04. The molecule has 78 valence electrons. The fourth-order valence-electron chi connectivity index (χ4n) is 0.971. The van der Waals surface area contributed by atoms with E-state index in [2.05, 4.69) is 25.9 Å². The predicted molar refractivity (Wildman–Crippen MR) is 60.3 cm³/mol. The molecule has 1 aromatic heterocycles. The second kappa shape index (κ2) is 5.80. The minimum Gasteiger partial charge on any atom is -0.478 e. The molecule has 0 aliphatic carbocycles. The normalized spacial score (nSPS) is 9.93. The summed E-state index contributed by atoms with van der Waals surface area (Å²) >= 11 is 3.37. The summed E-state index contributed by atoms with van der Waals surface area (Å²) in [6.07, 6.45) is 1.71. The highest BCUT2D eigenvalue weighted by atomic mass is 79.9. The second-order valence-electron chi connectivity index (χ2n) is 2.74. The number of nitrogens with zero attached hydrogens (tertiary/aromatic N) is 3. The van der Waals surface area contributed by atoms with Gasteiger partial charge in [-0.05, 0) is 6.92 Å². The number of hydrogen-bond acceptors (Lipinski definition) is 4. The van der Waals surface area contributed by atoms with Crippen LogP contribution in [0.2, 0.25) is 0 Å². The molecule has 0 unspecified atom stereocenters. The maximum absolute atomic E-state index is 5.29. The molecule has 4 nitrogen and oxygen atoms in total. The summed E-state index contributed by atoms with van der Waals surface area (Å²) in [4.78, 5) is 10.4. The van der Waals surface area contributed by atoms with Crippen LogP contribution in [0.5, 0.6) is 5.88 Å². The zero-order chi connectivity index (χ0) is 10.4. The Morgan fingerprint density at radius 1 is 1.57 bits per heavy atom. The summed E-state index contributed by atoms with van der Waals surface area (Å²) in [5, 5.41) is 0.895. The van der Waals surface area contributed by atoms with Crippen molar-refractivity contribution in [1.82, 2.24) is 9.97 Å². The SMILES string of the molecule is CCOc1ccnc(N(C)CCBr)n1. The van der Waals surface area contributed by atoms with E-state index >= 15 is 0 Å². The minimum absolute atomic E-state index is 0.624. The van der Waals surface area contributed by atoms with Gasteiger partial charge in [0.25, 0.3) is 0 Å². The van der Waals surface area contributed by atoms with Gasteiger partial charge in [0.15, 0.2) is 0 Å². The molecule has 0 aliphatic rings. The molecule has 0 bridgehead atoms. The van der Waals surface area contributed by atoms with Gasteiger partial charge in [0.05, 0.1) is 6.61 Å². The third kappa shape index (κ3) is 3.14. The van der Waals surface area contributed by atoms with Crippen molar-refractivity contribution in [1.29, 1.82) is 0 Å². The molecule has 0 fully saturated rings. The quantitative estimate of drug-likeness (QED) is 0.755. The van der Waals surface area contributed by atoms with Gasteiger partial charge >= 0.3 is 0 Å². The molecule has 14 heavy (non-hydrogen) atoms. The Labute approximate surface area is 92.4 Å². The van der Waals surface area contributed by atoms with Gasteiger partial charge in [-0.15, -0.1) is 0 Å². The van der Waals surface area contributed by atoms with Crippen LogP contribution in [-0.2, 0) is 0 Å². The zero-order valence-corrected chi connectivity index (χ0v) is 9.99. The minimum atomic E-state index is 0.624. The van der Waals surface area contributed by atoms with Crippen LogP contribution in [-0.4, -0.2) is 35.5 Å². The molecule has 0 radical (unpaired) electrons. The Bertz CT molecular complexity index is 283. The van der Waals surface area contributed by atoms with Crippen LogP contribution < -0.4 is 9.64 Å². The summed E-state index contributed by atoms with van der Waals surface area (Å²) < 4.78 is 5.29. The number of halogens is 1. The largest absolute Gasteiger partial charge is 0.478 e. The van der Waals surface area contributed by atoms with E-state index in [1.54, 1.807) is 12.3 Å². The Kier molecular flexibility index (Phi) is 4.65. The van der Waals surface area contributed by atoms with Crippen molar-refractivity contribution in [3.63, 3.8) is 0 Å². The summed E-state index contributed by atoms with van der Waals surface area (Å²) in [6, 6.07) is 1.76. The van der Waals surface area contributed by atoms with E-state index in [9.17, 15) is 0 Å². The van der Waals surface area contributed by atoms with Crippen LogP contribution in [0.1, 0.15) is 6.92 Å². The number of alkyl halides is 1. The standard InChI is InChI=1S/C9H14BrN3O/c1-3-14-8-4-6-11-9(12-8)13(2)7-5-10/h4,6H,3,5,7H2,1-2H3. The fraction of sp³-hybridized carbons (Fsp3) is 0.556. The van der Waals surface area contributed by atoms with E-state index in [0.29, 0.717) is 18.4 Å². The topological polar surface area (TPSA) is 38.2 Å². The lowest BCUT2D eigenvalue weighted by Gasteiger charge is -2.15. The number of aromatic nitrogens is 2.